The number of carbonyl (C=O) groups excluding carboxylic acids is 1. The highest BCUT2D eigenvalue weighted by molar-refractivity contribution is 7.84. The molecule has 2 N–H and O–H groups in total. The Labute approximate surface area is 153 Å². The van der Waals surface area contributed by atoms with Gasteiger partial charge in [-0.25, -0.2) is 4.79 Å². The van der Waals surface area contributed by atoms with E-state index in [1.807, 2.05) is 6.07 Å². The average molecular weight is 375 g/mol. The molecule has 0 bridgehead atoms. The van der Waals surface area contributed by atoms with Crippen LogP contribution in [0.3, 0.4) is 0 Å². The molecule has 0 radical (unpaired) electrons. The molecule has 1 amide bonds. The van der Waals surface area contributed by atoms with E-state index in [0.29, 0.717) is 11.4 Å². The summed E-state index contributed by atoms with van der Waals surface area (Å²) in [4.78, 5) is 23.4. The Morgan fingerprint density at radius 1 is 1.19 bits per heavy atom. The lowest BCUT2D eigenvalue weighted by Gasteiger charge is -2.21. The van der Waals surface area contributed by atoms with Crippen molar-refractivity contribution < 1.29 is 18.5 Å². The Bertz CT molecular complexity index is 870. The molecule has 0 aliphatic heterocycles. The number of carbonyl (C=O) groups is 1. The number of rotatable bonds is 5. The van der Waals surface area contributed by atoms with Crippen molar-refractivity contribution in [3.63, 3.8) is 0 Å². The van der Waals surface area contributed by atoms with Gasteiger partial charge in [0, 0.05) is 33.6 Å². The van der Waals surface area contributed by atoms with Crippen LogP contribution in [0, 0.1) is 0 Å². The normalized spacial score (nSPS) is 16.2. The van der Waals surface area contributed by atoms with Crippen molar-refractivity contribution >= 4 is 22.4 Å². The minimum atomic E-state index is -0.926. The number of anilines is 1. The molecule has 7 heteroatoms. The van der Waals surface area contributed by atoms with Crippen LogP contribution in [0.2, 0.25) is 0 Å². The molecule has 26 heavy (non-hydrogen) atoms. The second-order valence-electron chi connectivity index (χ2n) is 6.44. The predicted octanol–water partition coefficient (Wildman–Crippen LogP) is 3.18. The van der Waals surface area contributed by atoms with Crippen molar-refractivity contribution in [1.29, 1.82) is 0 Å². The van der Waals surface area contributed by atoms with Gasteiger partial charge in [0.25, 0.3) is 5.91 Å². The Kier molecular flexibility index (Phi) is 5.88. The molecule has 0 spiro atoms. The number of benzene rings is 1. The molecule has 138 valence electrons. The first-order valence-corrected chi connectivity index (χ1v) is 10.0. The summed E-state index contributed by atoms with van der Waals surface area (Å²) in [5.74, 6) is -0.784. The maximum Gasteiger partial charge on any atom is 0.340 e. The van der Waals surface area contributed by atoms with Crippen molar-refractivity contribution in [2.45, 2.75) is 43.1 Å². The largest absolute Gasteiger partial charge is 0.508 e. The second-order valence-corrected chi connectivity index (χ2v) is 8.16. The Morgan fingerprint density at radius 2 is 1.96 bits per heavy atom. The fraction of sp³-hybridized carbons (Fsp3) is 0.368. The summed E-state index contributed by atoms with van der Waals surface area (Å²) in [6.07, 6.45) is 5.53. The zero-order valence-corrected chi connectivity index (χ0v) is 15.1. The third-order valence-electron chi connectivity index (χ3n) is 4.40. The van der Waals surface area contributed by atoms with E-state index in [9.17, 15) is 18.9 Å². The van der Waals surface area contributed by atoms with Crippen LogP contribution >= 0.6 is 0 Å². The van der Waals surface area contributed by atoms with Crippen LogP contribution in [0.25, 0.3) is 0 Å². The van der Waals surface area contributed by atoms with Crippen molar-refractivity contribution in [3.8, 4) is 5.75 Å². The Hall–Kier alpha value is -2.41. The number of hydrogen-bond acceptors (Lipinski definition) is 5. The van der Waals surface area contributed by atoms with Gasteiger partial charge in [-0.15, -0.1) is 0 Å². The molecule has 1 unspecified atom stereocenters. The molecule has 1 aliphatic carbocycles. The lowest BCUT2D eigenvalue weighted by atomic mass is 10.0. The van der Waals surface area contributed by atoms with Gasteiger partial charge in [-0.3, -0.25) is 9.00 Å². The van der Waals surface area contributed by atoms with E-state index in [1.165, 1.54) is 6.42 Å². The molecule has 1 fully saturated rings. The van der Waals surface area contributed by atoms with E-state index in [-0.39, 0.29) is 16.8 Å². The molecule has 0 saturated heterocycles. The molecule has 2 aromatic rings. The fourth-order valence-corrected chi connectivity index (χ4v) is 4.72. The van der Waals surface area contributed by atoms with Gasteiger partial charge >= 0.3 is 5.63 Å². The van der Waals surface area contributed by atoms with Crippen LogP contribution in [0.15, 0.2) is 45.6 Å². The van der Waals surface area contributed by atoms with E-state index in [0.717, 1.165) is 43.4 Å². The van der Waals surface area contributed by atoms with Crippen molar-refractivity contribution in [3.05, 3.63) is 58.1 Å². The lowest BCUT2D eigenvalue weighted by molar-refractivity contribution is 0.0991. The highest BCUT2D eigenvalue weighted by Crippen LogP contribution is 2.24. The van der Waals surface area contributed by atoms with Gasteiger partial charge in [0.15, 0.2) is 5.76 Å². The van der Waals surface area contributed by atoms with Gasteiger partial charge in [0.2, 0.25) is 0 Å². The molecule has 1 aliphatic rings. The fourth-order valence-electron chi connectivity index (χ4n) is 3.12. The van der Waals surface area contributed by atoms with Crippen molar-refractivity contribution in [1.82, 2.24) is 0 Å². The molecule has 1 atom stereocenters. The molecule has 6 nitrogen and oxygen atoms in total. The van der Waals surface area contributed by atoms with Crippen LogP contribution in [0.1, 0.15) is 48.2 Å². The standard InChI is InChI=1S/C19H21NO5S/c21-15-10-17(25-18(22)11-15)19(23)20-14-6-4-5-13(9-14)12-26(24)16-7-2-1-3-8-16/h4-6,9-11,16,21H,1-3,7-8,12H2,(H,20,23). The molecule has 1 aromatic carbocycles. The molecule has 1 saturated carbocycles. The first-order valence-electron chi connectivity index (χ1n) is 8.63. The van der Waals surface area contributed by atoms with Gasteiger partial charge in [0.1, 0.15) is 5.75 Å². The SMILES string of the molecule is O=C(Nc1cccc(CS(=O)C2CCCCC2)c1)c1cc(O)cc(=O)o1. The molecule has 3 rings (SSSR count). The van der Waals surface area contributed by atoms with Crippen LogP contribution in [-0.4, -0.2) is 20.5 Å². The summed E-state index contributed by atoms with van der Waals surface area (Å²) in [7, 11) is -0.926. The summed E-state index contributed by atoms with van der Waals surface area (Å²) < 4.78 is 17.3. The highest BCUT2D eigenvalue weighted by Gasteiger charge is 2.20. The van der Waals surface area contributed by atoms with Crippen LogP contribution in [0.4, 0.5) is 5.69 Å². The van der Waals surface area contributed by atoms with E-state index in [1.54, 1.807) is 18.2 Å². The van der Waals surface area contributed by atoms with E-state index in [4.69, 9.17) is 4.42 Å². The minimum absolute atomic E-state index is 0.253. The highest BCUT2D eigenvalue weighted by atomic mass is 32.2. The summed E-state index contributed by atoms with van der Waals surface area (Å²) >= 11 is 0. The van der Waals surface area contributed by atoms with E-state index >= 15 is 0 Å². The van der Waals surface area contributed by atoms with Gasteiger partial charge in [-0.2, -0.15) is 0 Å². The smallest absolute Gasteiger partial charge is 0.340 e. The van der Waals surface area contributed by atoms with Crippen LogP contribution < -0.4 is 10.9 Å². The molecular formula is C19H21NO5S. The van der Waals surface area contributed by atoms with Crippen LogP contribution in [-0.2, 0) is 16.6 Å². The number of aromatic hydroxyl groups is 1. The van der Waals surface area contributed by atoms with Crippen molar-refractivity contribution in [2.24, 2.45) is 0 Å². The summed E-state index contributed by atoms with van der Waals surface area (Å²) in [6, 6.07) is 9.09. The topological polar surface area (TPSA) is 96.6 Å². The van der Waals surface area contributed by atoms with Gasteiger partial charge in [0.05, 0.1) is 6.07 Å². The number of amides is 1. The van der Waals surface area contributed by atoms with Gasteiger partial charge in [-0.1, -0.05) is 31.4 Å². The van der Waals surface area contributed by atoms with Crippen molar-refractivity contribution in [2.75, 3.05) is 5.32 Å². The summed E-state index contributed by atoms with van der Waals surface area (Å²) in [6.45, 7) is 0. The summed E-state index contributed by atoms with van der Waals surface area (Å²) in [5.41, 5.74) is 0.593. The second kappa shape index (κ2) is 8.31. The lowest BCUT2D eigenvalue weighted by Crippen LogP contribution is -2.20. The first kappa shape index (κ1) is 18.4. The van der Waals surface area contributed by atoms with Gasteiger partial charge in [-0.05, 0) is 30.5 Å². The molecule has 1 aromatic heterocycles. The van der Waals surface area contributed by atoms with E-state index in [2.05, 4.69) is 5.32 Å². The number of nitrogens with one attached hydrogen (secondary N) is 1. The molecular weight excluding hydrogens is 354 g/mol. The average Bonchev–Trinajstić information content (AvgIpc) is 2.62. The third kappa shape index (κ3) is 4.82. The zero-order chi connectivity index (χ0) is 18.5. The zero-order valence-electron chi connectivity index (χ0n) is 14.3. The monoisotopic (exact) mass is 375 g/mol. The van der Waals surface area contributed by atoms with Gasteiger partial charge < -0.3 is 14.8 Å². The quantitative estimate of drug-likeness (QED) is 0.837. The van der Waals surface area contributed by atoms with Crippen LogP contribution in [0.5, 0.6) is 5.75 Å². The summed E-state index contributed by atoms with van der Waals surface area (Å²) in [5, 5.41) is 12.3. The Balaban J connectivity index is 1.67. The van der Waals surface area contributed by atoms with E-state index < -0.39 is 22.3 Å². The minimum Gasteiger partial charge on any atom is -0.508 e. The molecule has 1 heterocycles. The maximum absolute atomic E-state index is 12.5. The third-order valence-corrected chi connectivity index (χ3v) is 6.23. The Morgan fingerprint density at radius 3 is 2.69 bits per heavy atom. The maximum atomic E-state index is 12.5. The predicted molar refractivity (Wildman–Crippen MR) is 99.8 cm³/mol. The first-order chi connectivity index (χ1) is 12.5. The number of hydrogen-bond donors (Lipinski definition) is 2.